The predicted molar refractivity (Wildman–Crippen MR) is 133 cm³/mol. The lowest BCUT2D eigenvalue weighted by Crippen LogP contribution is -2.31. The molecular weight excluding hydrogens is 462 g/mol. The van der Waals surface area contributed by atoms with Gasteiger partial charge in [0.25, 0.3) is 5.91 Å². The average molecular weight is 486 g/mol. The van der Waals surface area contributed by atoms with Gasteiger partial charge in [0, 0.05) is 18.2 Å². The highest BCUT2D eigenvalue weighted by Gasteiger charge is 2.38. The normalized spacial score (nSPS) is 16.5. The molecule has 4 aromatic rings. The van der Waals surface area contributed by atoms with Gasteiger partial charge < -0.3 is 14.3 Å². The summed E-state index contributed by atoms with van der Waals surface area (Å²) >= 11 is 1.52. The van der Waals surface area contributed by atoms with Crippen LogP contribution < -0.4 is 0 Å². The van der Waals surface area contributed by atoms with Crippen molar-refractivity contribution in [1.29, 1.82) is 0 Å². The number of pyridine rings is 1. The van der Waals surface area contributed by atoms with E-state index in [1.165, 1.54) is 18.9 Å². The van der Waals surface area contributed by atoms with E-state index in [0.29, 0.717) is 36.0 Å². The molecule has 0 saturated carbocycles. The first kappa shape index (κ1) is 22.8. The predicted octanol–water partition coefficient (Wildman–Crippen LogP) is 5.01. The fourth-order valence-corrected chi connectivity index (χ4v) is 4.67. The summed E-state index contributed by atoms with van der Waals surface area (Å²) in [4.78, 5) is 29.0. The van der Waals surface area contributed by atoms with Gasteiger partial charge in [-0.1, -0.05) is 70.6 Å². The Morgan fingerprint density at radius 1 is 1.09 bits per heavy atom. The van der Waals surface area contributed by atoms with Crippen molar-refractivity contribution >= 4 is 23.4 Å². The number of oxime groups is 1. The second kappa shape index (κ2) is 10.5. The molecule has 0 bridgehead atoms. The van der Waals surface area contributed by atoms with Crippen LogP contribution in [0.3, 0.4) is 0 Å². The first-order chi connectivity index (χ1) is 17.2. The van der Waals surface area contributed by atoms with Gasteiger partial charge in [-0.05, 0) is 35.4 Å². The minimum absolute atomic E-state index is 0.126. The second-order valence-electron chi connectivity index (χ2n) is 7.94. The lowest BCUT2D eigenvalue weighted by atomic mass is 10.0. The summed E-state index contributed by atoms with van der Waals surface area (Å²) in [5, 5.41) is 9.08. The van der Waals surface area contributed by atoms with E-state index in [1.54, 1.807) is 11.1 Å². The summed E-state index contributed by atoms with van der Waals surface area (Å²) in [7, 11) is 1.49. The first-order valence-corrected chi connectivity index (χ1v) is 12.1. The van der Waals surface area contributed by atoms with E-state index < -0.39 is 6.04 Å². The van der Waals surface area contributed by atoms with Crippen LogP contribution in [0.25, 0.3) is 11.1 Å². The molecule has 0 aliphatic carbocycles. The van der Waals surface area contributed by atoms with Gasteiger partial charge in [0.05, 0.1) is 23.0 Å². The number of amides is 1. The summed E-state index contributed by atoms with van der Waals surface area (Å²) in [5.41, 5.74) is 3.48. The Kier molecular flexibility index (Phi) is 6.85. The molecule has 0 unspecified atom stereocenters. The average Bonchev–Trinajstić information content (AvgIpc) is 3.56. The molecule has 9 heteroatoms. The summed E-state index contributed by atoms with van der Waals surface area (Å²) in [6, 6.07) is 23.0. The third-order valence-electron chi connectivity index (χ3n) is 5.63. The van der Waals surface area contributed by atoms with Gasteiger partial charge >= 0.3 is 0 Å². The maximum absolute atomic E-state index is 13.5. The van der Waals surface area contributed by atoms with Crippen LogP contribution in [-0.4, -0.2) is 45.3 Å². The van der Waals surface area contributed by atoms with Crippen molar-refractivity contribution in [3.63, 3.8) is 0 Å². The molecule has 1 fully saturated rings. The molecular formula is C26H23N5O3S. The number of carbonyl (C=O) groups is 1. The molecule has 176 valence electrons. The van der Waals surface area contributed by atoms with Crippen molar-refractivity contribution in [2.45, 2.75) is 23.2 Å². The summed E-state index contributed by atoms with van der Waals surface area (Å²) in [6.45, 7) is 0.332. The number of carbonyl (C=O) groups excluding carboxylic acids is 1. The van der Waals surface area contributed by atoms with Crippen molar-refractivity contribution in [1.82, 2.24) is 20.0 Å². The van der Waals surface area contributed by atoms with E-state index >= 15 is 0 Å². The molecule has 8 nitrogen and oxygen atoms in total. The number of aromatic nitrogens is 3. The van der Waals surface area contributed by atoms with Crippen LogP contribution in [0.5, 0.6) is 0 Å². The molecule has 1 aliphatic rings. The highest BCUT2D eigenvalue weighted by molar-refractivity contribution is 7.98. The lowest BCUT2D eigenvalue weighted by Gasteiger charge is -2.21. The van der Waals surface area contributed by atoms with Crippen LogP contribution in [-0.2, 0) is 10.6 Å². The Morgan fingerprint density at radius 3 is 2.60 bits per heavy atom. The Bertz CT molecular complexity index is 1310. The minimum Gasteiger partial charge on any atom is -0.399 e. The van der Waals surface area contributed by atoms with Gasteiger partial charge in [0.1, 0.15) is 13.2 Å². The quantitative estimate of drug-likeness (QED) is 0.268. The fourth-order valence-electron chi connectivity index (χ4n) is 3.97. The van der Waals surface area contributed by atoms with E-state index in [9.17, 15) is 4.79 Å². The number of rotatable bonds is 7. The Balaban J connectivity index is 1.34. The SMILES string of the molecule is CON=C1C[C@@H](c2nc(CSc3ccccn3)no2)N(C(=O)c2ccc(-c3ccccc3)cc2)C1. The zero-order chi connectivity index (χ0) is 24.0. The molecule has 3 heterocycles. The van der Waals surface area contributed by atoms with E-state index in [1.807, 2.05) is 72.8 Å². The maximum atomic E-state index is 13.5. The van der Waals surface area contributed by atoms with Crippen LogP contribution in [0.1, 0.15) is 34.5 Å². The number of benzene rings is 2. The molecule has 1 aliphatic heterocycles. The first-order valence-electron chi connectivity index (χ1n) is 11.1. The third-order valence-corrected chi connectivity index (χ3v) is 6.57. The Labute approximate surface area is 207 Å². The second-order valence-corrected chi connectivity index (χ2v) is 8.94. The van der Waals surface area contributed by atoms with E-state index in [-0.39, 0.29) is 5.91 Å². The van der Waals surface area contributed by atoms with Crippen molar-refractivity contribution in [3.05, 3.63) is 96.3 Å². The molecule has 0 N–H and O–H groups in total. The molecule has 0 radical (unpaired) electrons. The van der Waals surface area contributed by atoms with Crippen LogP contribution in [0, 0.1) is 0 Å². The number of hydrogen-bond donors (Lipinski definition) is 0. The van der Waals surface area contributed by atoms with Crippen LogP contribution in [0.4, 0.5) is 0 Å². The van der Waals surface area contributed by atoms with Crippen molar-refractivity contribution in [3.8, 4) is 11.1 Å². The number of nitrogens with zero attached hydrogens (tertiary/aromatic N) is 5. The van der Waals surface area contributed by atoms with Gasteiger partial charge in [0.2, 0.25) is 5.89 Å². The van der Waals surface area contributed by atoms with Crippen molar-refractivity contribution < 1.29 is 14.2 Å². The molecule has 0 spiro atoms. The molecule has 2 aromatic heterocycles. The summed E-state index contributed by atoms with van der Waals surface area (Å²) in [5.74, 6) is 1.32. The highest BCUT2D eigenvalue weighted by atomic mass is 32.2. The van der Waals surface area contributed by atoms with Crippen molar-refractivity contribution in [2.24, 2.45) is 5.16 Å². The van der Waals surface area contributed by atoms with Gasteiger partial charge in [-0.15, -0.1) is 0 Å². The topological polar surface area (TPSA) is 93.7 Å². The van der Waals surface area contributed by atoms with E-state index in [2.05, 4.69) is 20.3 Å². The monoisotopic (exact) mass is 485 g/mol. The molecule has 1 saturated heterocycles. The molecule has 5 rings (SSSR count). The van der Waals surface area contributed by atoms with Gasteiger partial charge in [-0.25, -0.2) is 4.98 Å². The minimum atomic E-state index is -0.411. The van der Waals surface area contributed by atoms with E-state index in [4.69, 9.17) is 9.36 Å². The summed E-state index contributed by atoms with van der Waals surface area (Å²) in [6.07, 6.45) is 2.21. The fraction of sp³-hybridized carbons (Fsp3) is 0.192. The van der Waals surface area contributed by atoms with Crippen LogP contribution in [0.2, 0.25) is 0 Å². The van der Waals surface area contributed by atoms with Gasteiger partial charge in [-0.3, -0.25) is 4.79 Å². The maximum Gasteiger partial charge on any atom is 0.254 e. The van der Waals surface area contributed by atoms with Gasteiger partial charge in [0.15, 0.2) is 5.82 Å². The third kappa shape index (κ3) is 5.25. The van der Waals surface area contributed by atoms with Crippen LogP contribution >= 0.6 is 11.8 Å². The number of likely N-dealkylation sites (tertiary alicyclic amines) is 1. The van der Waals surface area contributed by atoms with Crippen molar-refractivity contribution in [2.75, 3.05) is 13.7 Å². The molecule has 35 heavy (non-hydrogen) atoms. The zero-order valence-electron chi connectivity index (χ0n) is 19.1. The van der Waals surface area contributed by atoms with Crippen LogP contribution in [0.15, 0.2) is 93.7 Å². The van der Waals surface area contributed by atoms with Gasteiger partial charge in [-0.2, -0.15) is 4.98 Å². The number of thioether (sulfide) groups is 1. The Hall–Kier alpha value is -3.98. The largest absolute Gasteiger partial charge is 0.399 e. The van der Waals surface area contributed by atoms with E-state index in [0.717, 1.165) is 21.9 Å². The smallest absolute Gasteiger partial charge is 0.254 e. The Morgan fingerprint density at radius 2 is 1.86 bits per heavy atom. The lowest BCUT2D eigenvalue weighted by molar-refractivity contribution is 0.0713. The highest BCUT2D eigenvalue weighted by Crippen LogP contribution is 2.32. The standard InChI is InChI=1S/C26H23N5O3S/c1-33-29-21-15-22(25-28-23(30-34-25)17-35-24-9-5-6-14-27-24)31(16-21)26(32)20-12-10-19(11-13-20)18-7-3-2-4-8-18/h2-14,22H,15-17H2,1H3/t22-/m0/s1. The molecule has 1 atom stereocenters. The molecule has 1 amide bonds. The zero-order valence-corrected chi connectivity index (χ0v) is 19.9. The number of hydrogen-bond acceptors (Lipinski definition) is 8. The summed E-state index contributed by atoms with van der Waals surface area (Å²) < 4.78 is 5.57. The molecule has 2 aromatic carbocycles.